The number of hydrogen-bond donors (Lipinski definition) is 1. The zero-order chi connectivity index (χ0) is 24.9. The Balaban J connectivity index is 1.53. The van der Waals surface area contributed by atoms with E-state index >= 15 is 0 Å². The molecule has 5 aromatic rings. The van der Waals surface area contributed by atoms with Crippen molar-refractivity contribution in [3.63, 3.8) is 0 Å². The van der Waals surface area contributed by atoms with E-state index in [0.717, 1.165) is 22.0 Å². The number of benzene rings is 3. The first-order valence-corrected chi connectivity index (χ1v) is 13.1. The lowest BCUT2D eigenvalue weighted by Crippen LogP contribution is -2.40. The van der Waals surface area contributed by atoms with Gasteiger partial charge in [-0.1, -0.05) is 30.3 Å². The summed E-state index contributed by atoms with van der Waals surface area (Å²) in [5.74, 6) is 0. The Morgan fingerprint density at radius 1 is 0.972 bits per heavy atom. The summed E-state index contributed by atoms with van der Waals surface area (Å²) in [5, 5.41) is 1.14. The highest BCUT2D eigenvalue weighted by atomic mass is 32.2. The van der Waals surface area contributed by atoms with Gasteiger partial charge in [-0.15, -0.1) is 0 Å². The lowest BCUT2D eigenvalue weighted by Gasteiger charge is -2.26. The minimum absolute atomic E-state index is 0.211. The van der Waals surface area contributed by atoms with E-state index in [1.807, 2.05) is 31.4 Å². The van der Waals surface area contributed by atoms with Crippen molar-refractivity contribution >= 4 is 37.6 Å². The van der Waals surface area contributed by atoms with Crippen molar-refractivity contribution in [2.45, 2.75) is 4.90 Å². The summed E-state index contributed by atoms with van der Waals surface area (Å²) < 4.78 is 35.9. The smallest absolute Gasteiger partial charge is 0.243 e. The third-order valence-corrected chi connectivity index (χ3v) is 8.58. The number of hydrogen-bond acceptors (Lipinski definition) is 6. The van der Waals surface area contributed by atoms with Crippen LogP contribution in [0.1, 0.15) is 0 Å². The van der Waals surface area contributed by atoms with Crippen molar-refractivity contribution in [3.05, 3.63) is 73.1 Å². The van der Waals surface area contributed by atoms with E-state index < -0.39 is 10.0 Å². The predicted molar refractivity (Wildman–Crippen MR) is 141 cm³/mol. The van der Waals surface area contributed by atoms with Crippen molar-refractivity contribution in [1.29, 1.82) is 0 Å². The molecule has 36 heavy (non-hydrogen) atoms. The summed E-state index contributed by atoms with van der Waals surface area (Å²) >= 11 is 0. The van der Waals surface area contributed by atoms with Crippen LogP contribution >= 0.6 is 0 Å². The normalized spacial score (nSPS) is 15.0. The number of fused-ring (bicyclic) bond motifs is 2. The maximum Gasteiger partial charge on any atom is 0.243 e. The van der Waals surface area contributed by atoms with Gasteiger partial charge in [0.05, 0.1) is 41.0 Å². The Labute approximate surface area is 209 Å². The molecule has 182 valence electrons. The zero-order valence-electron chi connectivity index (χ0n) is 19.8. The molecule has 1 aliphatic heterocycles. The topological polar surface area (TPSA) is 103 Å². The number of aromatic nitrogens is 3. The van der Waals surface area contributed by atoms with Gasteiger partial charge in [-0.3, -0.25) is 4.98 Å². The molecule has 2 aromatic heterocycles. The monoisotopic (exact) mass is 499 g/mol. The molecule has 0 spiro atoms. The van der Waals surface area contributed by atoms with Crippen molar-refractivity contribution in [2.24, 2.45) is 7.05 Å². The highest BCUT2D eigenvalue weighted by Crippen LogP contribution is 2.34. The molecule has 1 fully saturated rings. The van der Waals surface area contributed by atoms with Gasteiger partial charge in [0.25, 0.3) is 0 Å². The second-order valence-corrected chi connectivity index (χ2v) is 10.8. The van der Waals surface area contributed by atoms with Gasteiger partial charge in [-0.25, -0.2) is 13.4 Å². The number of nitrogens with two attached hydrogens (primary N) is 1. The molecule has 3 heterocycles. The predicted octanol–water partition coefficient (Wildman–Crippen LogP) is 4.06. The van der Waals surface area contributed by atoms with Gasteiger partial charge in [-0.05, 0) is 41.3 Å². The minimum atomic E-state index is -3.72. The average molecular weight is 500 g/mol. The molecule has 8 nitrogen and oxygen atoms in total. The molecule has 3 aromatic carbocycles. The molecule has 1 saturated heterocycles. The quantitative estimate of drug-likeness (QED) is 0.374. The van der Waals surface area contributed by atoms with Crippen molar-refractivity contribution in [3.8, 4) is 22.4 Å². The van der Waals surface area contributed by atoms with E-state index in [0.29, 0.717) is 54.3 Å². The van der Waals surface area contributed by atoms with Gasteiger partial charge in [0.1, 0.15) is 0 Å². The lowest BCUT2D eigenvalue weighted by molar-refractivity contribution is 0.0730. The summed E-state index contributed by atoms with van der Waals surface area (Å²) in [6.07, 6.45) is 3.63. The molecule has 9 heteroatoms. The number of morpholine rings is 1. The summed E-state index contributed by atoms with van der Waals surface area (Å²) in [6.45, 7) is 1.41. The maximum atomic E-state index is 13.5. The molecule has 2 N–H and O–H groups in total. The number of nitrogens with zero attached hydrogens (tertiary/aromatic N) is 4. The fourth-order valence-electron chi connectivity index (χ4n) is 4.75. The van der Waals surface area contributed by atoms with E-state index in [9.17, 15) is 8.42 Å². The number of sulfonamides is 1. The highest BCUT2D eigenvalue weighted by molar-refractivity contribution is 7.89. The molecule has 0 bridgehead atoms. The molecule has 0 radical (unpaired) electrons. The van der Waals surface area contributed by atoms with Crippen LogP contribution in [0.3, 0.4) is 0 Å². The van der Waals surface area contributed by atoms with Crippen LogP contribution in [0.15, 0.2) is 78.0 Å². The molecule has 0 aliphatic carbocycles. The van der Waals surface area contributed by atoms with Crippen LogP contribution in [0.5, 0.6) is 0 Å². The molecule has 0 amide bonds. The summed E-state index contributed by atoms with van der Waals surface area (Å²) in [7, 11) is -1.72. The number of nitrogen functional groups attached to an aromatic ring is 1. The van der Waals surface area contributed by atoms with E-state index in [2.05, 4.69) is 27.8 Å². The van der Waals surface area contributed by atoms with Gasteiger partial charge < -0.3 is 15.0 Å². The summed E-state index contributed by atoms with van der Waals surface area (Å²) in [4.78, 5) is 9.78. The zero-order valence-corrected chi connectivity index (χ0v) is 20.6. The average Bonchev–Trinajstić information content (AvgIpc) is 3.28. The maximum absolute atomic E-state index is 13.5. The van der Waals surface area contributed by atoms with E-state index in [4.69, 9.17) is 15.5 Å². The number of anilines is 1. The third kappa shape index (κ3) is 3.81. The van der Waals surface area contributed by atoms with Crippen LogP contribution in [0.25, 0.3) is 44.3 Å². The van der Waals surface area contributed by atoms with E-state index in [1.165, 1.54) is 4.31 Å². The molecular formula is C27H25N5O3S. The van der Waals surface area contributed by atoms with Crippen molar-refractivity contribution in [1.82, 2.24) is 18.8 Å². The first kappa shape index (κ1) is 22.7. The Morgan fingerprint density at radius 2 is 1.78 bits per heavy atom. The fourth-order valence-corrected chi connectivity index (χ4v) is 6.35. The largest absolute Gasteiger partial charge is 0.399 e. The van der Waals surface area contributed by atoms with E-state index in [1.54, 1.807) is 30.5 Å². The van der Waals surface area contributed by atoms with Crippen LogP contribution in [-0.2, 0) is 21.8 Å². The molecule has 1 aliphatic rings. The van der Waals surface area contributed by atoms with Crippen LogP contribution in [0.2, 0.25) is 0 Å². The van der Waals surface area contributed by atoms with Gasteiger partial charge >= 0.3 is 0 Å². The lowest BCUT2D eigenvalue weighted by atomic mass is 10.0. The van der Waals surface area contributed by atoms with Crippen LogP contribution in [0.4, 0.5) is 5.69 Å². The minimum Gasteiger partial charge on any atom is -0.399 e. The molecule has 6 rings (SSSR count). The van der Waals surface area contributed by atoms with Gasteiger partial charge in [0.2, 0.25) is 10.0 Å². The van der Waals surface area contributed by atoms with Crippen LogP contribution < -0.4 is 5.73 Å². The van der Waals surface area contributed by atoms with Gasteiger partial charge in [0.15, 0.2) is 0 Å². The standard InChI is InChI=1S/C27H25N5O3S/c1-31-9-8-18-6-7-19(14-25(18)31)22-15-20(28)16-23-27(22)30-24(17-29-23)21-4-2-3-5-26(21)36(33,34)32-10-12-35-13-11-32/h2-9,14-17H,10-13,28H2,1H3. The molecular weight excluding hydrogens is 474 g/mol. The van der Waals surface area contributed by atoms with Crippen molar-refractivity contribution < 1.29 is 13.2 Å². The number of ether oxygens (including phenoxy) is 1. The fraction of sp³-hybridized carbons (Fsp3) is 0.185. The first-order chi connectivity index (χ1) is 17.4. The molecule has 0 unspecified atom stereocenters. The highest BCUT2D eigenvalue weighted by Gasteiger charge is 2.29. The Bertz CT molecular complexity index is 1720. The summed E-state index contributed by atoms with van der Waals surface area (Å²) in [6, 6.07) is 18.9. The first-order valence-electron chi connectivity index (χ1n) is 11.7. The van der Waals surface area contributed by atoms with E-state index in [-0.39, 0.29) is 4.90 Å². The third-order valence-electron chi connectivity index (χ3n) is 6.62. The van der Waals surface area contributed by atoms with Crippen molar-refractivity contribution in [2.75, 3.05) is 32.0 Å². The number of rotatable bonds is 4. The summed E-state index contributed by atoms with van der Waals surface area (Å²) in [5.41, 5.74) is 12.0. The Morgan fingerprint density at radius 3 is 2.61 bits per heavy atom. The Kier molecular flexibility index (Phi) is 5.48. The van der Waals surface area contributed by atoms with Gasteiger partial charge in [-0.2, -0.15) is 4.31 Å². The van der Waals surface area contributed by atoms with Gasteiger partial charge in [0, 0.05) is 48.7 Å². The molecule has 0 saturated carbocycles. The van der Waals surface area contributed by atoms with Crippen LogP contribution in [0, 0.1) is 0 Å². The Hall–Kier alpha value is -3.79. The second-order valence-electron chi connectivity index (χ2n) is 8.90. The SMILES string of the molecule is Cn1ccc2ccc(-c3cc(N)cc4ncc(-c5ccccc5S(=O)(=O)N5CCOCC5)nc34)cc21. The second kappa shape index (κ2) is 8.70. The number of aryl methyl sites for hydroxylation is 1. The molecule has 0 atom stereocenters. The van der Waals surface area contributed by atoms with Crippen LogP contribution in [-0.4, -0.2) is 53.6 Å².